The number of anilines is 1. The standard InChI is InChI=1S/C14H12ClNO2/c15-9-5-7-10(8-6-9)16-13(17)11-3-1-2-4-12(11)14(16)18/h1-2,5-8,11-12H,3-4H2/t11-,12-/m1/s1. The third kappa shape index (κ3) is 1.66. The number of fused-ring (bicyclic) bond motifs is 1. The summed E-state index contributed by atoms with van der Waals surface area (Å²) in [6, 6.07) is 6.81. The molecule has 0 spiro atoms. The van der Waals surface area contributed by atoms with Gasteiger partial charge in [-0.25, -0.2) is 0 Å². The van der Waals surface area contributed by atoms with E-state index in [0.717, 1.165) is 0 Å². The van der Waals surface area contributed by atoms with Crippen molar-refractivity contribution in [2.45, 2.75) is 12.8 Å². The lowest BCUT2D eigenvalue weighted by atomic mass is 9.85. The monoisotopic (exact) mass is 261 g/mol. The van der Waals surface area contributed by atoms with E-state index < -0.39 is 0 Å². The summed E-state index contributed by atoms with van der Waals surface area (Å²) < 4.78 is 0. The second-order valence-corrected chi connectivity index (χ2v) is 5.08. The van der Waals surface area contributed by atoms with Crippen LogP contribution < -0.4 is 4.90 Å². The maximum Gasteiger partial charge on any atom is 0.238 e. The lowest BCUT2D eigenvalue weighted by Crippen LogP contribution is -2.30. The van der Waals surface area contributed by atoms with E-state index in [1.54, 1.807) is 24.3 Å². The minimum Gasteiger partial charge on any atom is -0.274 e. The summed E-state index contributed by atoms with van der Waals surface area (Å²) in [5, 5.41) is 0.594. The van der Waals surface area contributed by atoms with Gasteiger partial charge in [-0.05, 0) is 37.1 Å². The predicted octanol–water partition coefficient (Wildman–Crippen LogP) is 2.80. The molecule has 18 heavy (non-hydrogen) atoms. The second kappa shape index (κ2) is 4.25. The quantitative estimate of drug-likeness (QED) is 0.576. The van der Waals surface area contributed by atoms with Crippen LogP contribution in [0.25, 0.3) is 0 Å². The van der Waals surface area contributed by atoms with E-state index in [4.69, 9.17) is 11.6 Å². The zero-order valence-electron chi connectivity index (χ0n) is 9.67. The normalized spacial score (nSPS) is 26.6. The zero-order chi connectivity index (χ0) is 12.7. The van der Waals surface area contributed by atoms with Crippen molar-refractivity contribution in [2.24, 2.45) is 11.8 Å². The molecule has 0 bridgehead atoms. The van der Waals surface area contributed by atoms with Gasteiger partial charge in [0.2, 0.25) is 11.8 Å². The van der Waals surface area contributed by atoms with Crippen molar-refractivity contribution in [3.8, 4) is 0 Å². The Morgan fingerprint density at radius 3 is 1.94 bits per heavy atom. The number of imide groups is 1. The Hall–Kier alpha value is -1.61. The van der Waals surface area contributed by atoms with Gasteiger partial charge in [0.1, 0.15) is 0 Å². The van der Waals surface area contributed by atoms with Gasteiger partial charge in [0.05, 0.1) is 17.5 Å². The van der Waals surface area contributed by atoms with E-state index in [-0.39, 0.29) is 23.7 Å². The number of rotatable bonds is 1. The highest BCUT2D eigenvalue weighted by molar-refractivity contribution is 6.30. The van der Waals surface area contributed by atoms with Crippen LogP contribution in [0.4, 0.5) is 5.69 Å². The Kier molecular flexibility index (Phi) is 2.71. The molecule has 2 aliphatic rings. The van der Waals surface area contributed by atoms with Crippen LogP contribution in [0.3, 0.4) is 0 Å². The average molecular weight is 262 g/mol. The summed E-state index contributed by atoms with van der Waals surface area (Å²) in [7, 11) is 0. The van der Waals surface area contributed by atoms with Gasteiger partial charge in [-0.3, -0.25) is 14.5 Å². The number of hydrogen-bond acceptors (Lipinski definition) is 2. The summed E-state index contributed by atoms with van der Waals surface area (Å²) in [6.45, 7) is 0. The fourth-order valence-corrected chi connectivity index (χ4v) is 2.77. The SMILES string of the molecule is O=C1[C@@H]2CC=CC[C@H]2C(=O)N1c1ccc(Cl)cc1. The maximum absolute atomic E-state index is 12.3. The summed E-state index contributed by atoms with van der Waals surface area (Å²) >= 11 is 5.81. The first-order valence-electron chi connectivity index (χ1n) is 5.97. The van der Waals surface area contributed by atoms with Crippen LogP contribution in [0.5, 0.6) is 0 Å². The van der Waals surface area contributed by atoms with Gasteiger partial charge in [-0.2, -0.15) is 0 Å². The second-order valence-electron chi connectivity index (χ2n) is 4.64. The Bertz CT molecular complexity index is 509. The molecule has 92 valence electrons. The first-order valence-corrected chi connectivity index (χ1v) is 6.34. The predicted molar refractivity (Wildman–Crippen MR) is 69.3 cm³/mol. The van der Waals surface area contributed by atoms with Crippen LogP contribution in [0.2, 0.25) is 5.02 Å². The first kappa shape index (κ1) is 11.5. The summed E-state index contributed by atoms with van der Waals surface area (Å²) in [5.74, 6) is -0.537. The molecule has 1 aliphatic carbocycles. The first-order chi connectivity index (χ1) is 8.68. The summed E-state index contributed by atoms with van der Waals surface area (Å²) in [4.78, 5) is 25.9. The molecular weight excluding hydrogens is 250 g/mol. The van der Waals surface area contributed by atoms with Gasteiger partial charge in [-0.1, -0.05) is 23.8 Å². The average Bonchev–Trinajstić information content (AvgIpc) is 2.64. The van der Waals surface area contributed by atoms with Gasteiger partial charge in [0, 0.05) is 5.02 Å². The van der Waals surface area contributed by atoms with Crippen LogP contribution in [-0.2, 0) is 9.59 Å². The van der Waals surface area contributed by atoms with E-state index in [2.05, 4.69) is 0 Å². The van der Waals surface area contributed by atoms with Gasteiger partial charge >= 0.3 is 0 Å². The smallest absolute Gasteiger partial charge is 0.238 e. The number of carbonyl (C=O) groups is 2. The van der Waals surface area contributed by atoms with Crippen LogP contribution in [0, 0.1) is 11.8 Å². The summed E-state index contributed by atoms with van der Waals surface area (Å²) in [6.07, 6.45) is 5.30. The maximum atomic E-state index is 12.3. The lowest BCUT2D eigenvalue weighted by molar-refractivity contribution is -0.122. The van der Waals surface area contributed by atoms with E-state index in [9.17, 15) is 9.59 Å². The highest BCUT2D eigenvalue weighted by Crippen LogP contribution is 2.37. The van der Waals surface area contributed by atoms with Gasteiger partial charge in [-0.15, -0.1) is 0 Å². The molecule has 2 atom stereocenters. The van der Waals surface area contributed by atoms with Crippen LogP contribution in [0.1, 0.15) is 12.8 Å². The highest BCUT2D eigenvalue weighted by atomic mass is 35.5. The molecule has 4 heteroatoms. The summed E-state index contributed by atoms with van der Waals surface area (Å²) in [5.41, 5.74) is 0.615. The van der Waals surface area contributed by atoms with Crippen molar-refractivity contribution in [3.05, 3.63) is 41.4 Å². The number of halogens is 1. The molecule has 1 aromatic carbocycles. The fourth-order valence-electron chi connectivity index (χ4n) is 2.64. The number of amides is 2. The topological polar surface area (TPSA) is 37.4 Å². The Labute approximate surface area is 110 Å². The molecule has 1 saturated heterocycles. The number of hydrogen-bond donors (Lipinski definition) is 0. The van der Waals surface area contributed by atoms with E-state index >= 15 is 0 Å². The lowest BCUT2D eigenvalue weighted by Gasteiger charge is -2.14. The van der Waals surface area contributed by atoms with Crippen LogP contribution in [0.15, 0.2) is 36.4 Å². The van der Waals surface area contributed by atoms with Gasteiger partial charge < -0.3 is 0 Å². The van der Waals surface area contributed by atoms with E-state index in [0.29, 0.717) is 23.6 Å². The minimum absolute atomic E-state index is 0.0864. The molecule has 3 rings (SSSR count). The molecule has 3 nitrogen and oxygen atoms in total. The van der Waals surface area contributed by atoms with Crippen molar-refractivity contribution in [2.75, 3.05) is 4.90 Å². The van der Waals surface area contributed by atoms with Crippen molar-refractivity contribution in [1.82, 2.24) is 0 Å². The number of nitrogens with zero attached hydrogens (tertiary/aromatic N) is 1. The molecule has 1 heterocycles. The molecule has 1 fully saturated rings. The third-order valence-electron chi connectivity index (χ3n) is 3.59. The number of benzene rings is 1. The van der Waals surface area contributed by atoms with Gasteiger partial charge in [0.25, 0.3) is 0 Å². The Morgan fingerprint density at radius 2 is 1.44 bits per heavy atom. The molecule has 1 aliphatic heterocycles. The number of carbonyl (C=O) groups excluding carboxylic acids is 2. The molecule has 0 unspecified atom stereocenters. The highest BCUT2D eigenvalue weighted by Gasteiger charge is 2.47. The molecule has 0 saturated carbocycles. The Balaban J connectivity index is 1.96. The van der Waals surface area contributed by atoms with Gasteiger partial charge in [0.15, 0.2) is 0 Å². The molecule has 2 amide bonds. The molecule has 0 aromatic heterocycles. The minimum atomic E-state index is -0.182. The van der Waals surface area contributed by atoms with Crippen molar-refractivity contribution < 1.29 is 9.59 Å². The largest absolute Gasteiger partial charge is 0.274 e. The zero-order valence-corrected chi connectivity index (χ0v) is 10.4. The van der Waals surface area contributed by atoms with Crippen molar-refractivity contribution in [1.29, 1.82) is 0 Å². The molecule has 0 radical (unpaired) electrons. The molecule has 1 aromatic rings. The molecular formula is C14H12ClNO2. The van der Waals surface area contributed by atoms with E-state index in [1.165, 1.54) is 4.90 Å². The van der Waals surface area contributed by atoms with Crippen LogP contribution >= 0.6 is 11.6 Å². The van der Waals surface area contributed by atoms with E-state index in [1.807, 2.05) is 12.2 Å². The fraction of sp³-hybridized carbons (Fsp3) is 0.286. The molecule has 0 N–H and O–H groups in total. The van der Waals surface area contributed by atoms with Crippen molar-refractivity contribution >= 4 is 29.1 Å². The van der Waals surface area contributed by atoms with Crippen molar-refractivity contribution in [3.63, 3.8) is 0 Å². The Morgan fingerprint density at radius 1 is 0.944 bits per heavy atom. The number of allylic oxidation sites excluding steroid dienone is 2. The van der Waals surface area contributed by atoms with Crippen LogP contribution in [-0.4, -0.2) is 11.8 Å². The third-order valence-corrected chi connectivity index (χ3v) is 3.84.